The Balaban J connectivity index is 2.60. The minimum absolute atomic E-state index is 0.278. The third-order valence-corrected chi connectivity index (χ3v) is 3.85. The van der Waals surface area contributed by atoms with E-state index in [4.69, 9.17) is 11.0 Å². The first-order valence-corrected chi connectivity index (χ1v) is 6.68. The van der Waals surface area contributed by atoms with Gasteiger partial charge in [-0.25, -0.2) is 0 Å². The van der Waals surface area contributed by atoms with E-state index < -0.39 is 10.8 Å². The standard InChI is InChI=1S/C12H16N2OS/c1-10(6-13)8-16(15)9-12-4-2-3-11(5-12)7-14/h2-5,10H,6,8-9,13H2,1H3. The van der Waals surface area contributed by atoms with Crippen LogP contribution in [0.25, 0.3) is 0 Å². The van der Waals surface area contributed by atoms with Gasteiger partial charge in [-0.2, -0.15) is 5.26 Å². The highest BCUT2D eigenvalue weighted by atomic mass is 32.2. The molecule has 0 saturated heterocycles. The van der Waals surface area contributed by atoms with E-state index in [9.17, 15) is 4.21 Å². The van der Waals surface area contributed by atoms with Gasteiger partial charge >= 0.3 is 0 Å². The van der Waals surface area contributed by atoms with Gasteiger partial charge in [-0.1, -0.05) is 19.1 Å². The van der Waals surface area contributed by atoms with Gasteiger partial charge in [0.2, 0.25) is 0 Å². The summed E-state index contributed by atoms with van der Waals surface area (Å²) in [6.45, 7) is 2.55. The summed E-state index contributed by atoms with van der Waals surface area (Å²) in [5, 5.41) is 8.74. The molecule has 4 heteroatoms. The molecule has 0 aromatic heterocycles. The molecule has 2 unspecified atom stereocenters. The first kappa shape index (κ1) is 12.9. The number of hydrogen-bond donors (Lipinski definition) is 1. The summed E-state index contributed by atoms with van der Waals surface area (Å²) in [5.41, 5.74) is 7.04. The maximum atomic E-state index is 11.8. The van der Waals surface area contributed by atoms with Crippen molar-refractivity contribution in [3.05, 3.63) is 35.4 Å². The molecule has 0 radical (unpaired) electrons. The van der Waals surface area contributed by atoms with Gasteiger partial charge < -0.3 is 5.73 Å². The summed E-state index contributed by atoms with van der Waals surface area (Å²) in [4.78, 5) is 0. The highest BCUT2D eigenvalue weighted by molar-refractivity contribution is 7.84. The topological polar surface area (TPSA) is 66.9 Å². The van der Waals surface area contributed by atoms with Crippen LogP contribution in [0.1, 0.15) is 18.1 Å². The van der Waals surface area contributed by atoms with Crippen molar-refractivity contribution in [2.45, 2.75) is 12.7 Å². The Labute approximate surface area is 98.7 Å². The van der Waals surface area contributed by atoms with Crippen molar-refractivity contribution < 1.29 is 4.21 Å². The number of rotatable bonds is 5. The van der Waals surface area contributed by atoms with E-state index in [1.165, 1.54) is 0 Å². The molecule has 2 N–H and O–H groups in total. The Morgan fingerprint density at radius 3 is 2.94 bits per heavy atom. The molecule has 1 aromatic rings. The molecule has 0 amide bonds. The summed E-state index contributed by atoms with van der Waals surface area (Å²) in [7, 11) is -0.901. The van der Waals surface area contributed by atoms with E-state index in [0.717, 1.165) is 5.56 Å². The maximum Gasteiger partial charge on any atom is 0.0991 e. The molecule has 0 heterocycles. The zero-order valence-corrected chi connectivity index (χ0v) is 10.2. The van der Waals surface area contributed by atoms with Gasteiger partial charge in [0.15, 0.2) is 0 Å². The minimum Gasteiger partial charge on any atom is -0.330 e. The molecule has 3 nitrogen and oxygen atoms in total. The van der Waals surface area contributed by atoms with Crippen LogP contribution in [0.15, 0.2) is 24.3 Å². The lowest BCUT2D eigenvalue weighted by Crippen LogP contribution is -2.18. The van der Waals surface area contributed by atoms with Crippen molar-refractivity contribution in [3.8, 4) is 6.07 Å². The number of hydrogen-bond acceptors (Lipinski definition) is 3. The van der Waals surface area contributed by atoms with Crippen molar-refractivity contribution in [2.24, 2.45) is 11.7 Å². The number of nitrogens with zero attached hydrogens (tertiary/aromatic N) is 1. The first-order chi connectivity index (χ1) is 7.65. The van der Waals surface area contributed by atoms with Crippen molar-refractivity contribution in [1.82, 2.24) is 0 Å². The summed E-state index contributed by atoms with van der Waals surface area (Å²) >= 11 is 0. The highest BCUT2D eigenvalue weighted by Gasteiger charge is 2.07. The average Bonchev–Trinajstić information content (AvgIpc) is 2.28. The number of benzene rings is 1. The molecule has 0 aliphatic heterocycles. The predicted molar refractivity (Wildman–Crippen MR) is 66.1 cm³/mol. The SMILES string of the molecule is CC(CN)CS(=O)Cc1cccc(C#N)c1. The summed E-state index contributed by atoms with van der Waals surface area (Å²) in [6, 6.07) is 9.31. The number of nitrogens with two attached hydrogens (primary N) is 1. The quantitative estimate of drug-likeness (QED) is 0.840. The highest BCUT2D eigenvalue weighted by Crippen LogP contribution is 2.08. The van der Waals surface area contributed by atoms with E-state index in [2.05, 4.69) is 6.07 Å². The third kappa shape index (κ3) is 4.13. The molecule has 0 aliphatic rings. The van der Waals surface area contributed by atoms with E-state index >= 15 is 0 Å². The first-order valence-electron chi connectivity index (χ1n) is 5.19. The van der Waals surface area contributed by atoms with Crippen LogP contribution in [0.5, 0.6) is 0 Å². The van der Waals surface area contributed by atoms with Crippen molar-refractivity contribution in [3.63, 3.8) is 0 Å². The van der Waals surface area contributed by atoms with Crippen molar-refractivity contribution >= 4 is 10.8 Å². The van der Waals surface area contributed by atoms with E-state index in [0.29, 0.717) is 23.6 Å². The average molecular weight is 236 g/mol. The fraction of sp³-hybridized carbons (Fsp3) is 0.417. The second-order valence-corrected chi connectivity index (χ2v) is 5.41. The molecular formula is C12H16N2OS. The maximum absolute atomic E-state index is 11.8. The van der Waals surface area contributed by atoms with Crippen LogP contribution in [0.4, 0.5) is 0 Å². The minimum atomic E-state index is -0.901. The fourth-order valence-electron chi connectivity index (χ4n) is 1.36. The van der Waals surface area contributed by atoms with Gasteiger partial charge in [-0.05, 0) is 30.2 Å². The van der Waals surface area contributed by atoms with Gasteiger partial charge in [0.05, 0.1) is 11.6 Å². The summed E-state index contributed by atoms with van der Waals surface area (Å²) < 4.78 is 11.8. The molecule has 86 valence electrons. The third-order valence-electron chi connectivity index (χ3n) is 2.26. The zero-order valence-electron chi connectivity index (χ0n) is 9.35. The lowest BCUT2D eigenvalue weighted by molar-refractivity contribution is 0.640. The molecule has 16 heavy (non-hydrogen) atoms. The Kier molecular flexibility index (Phi) is 5.17. The van der Waals surface area contributed by atoms with Gasteiger partial charge in [-0.3, -0.25) is 4.21 Å². The van der Waals surface area contributed by atoms with Gasteiger partial charge in [0, 0.05) is 22.3 Å². The van der Waals surface area contributed by atoms with Crippen LogP contribution < -0.4 is 5.73 Å². The lowest BCUT2D eigenvalue weighted by Gasteiger charge is -2.08. The molecule has 0 spiro atoms. The Morgan fingerprint density at radius 2 is 2.31 bits per heavy atom. The Bertz CT molecular complexity index is 412. The summed E-state index contributed by atoms with van der Waals surface area (Å²) in [5.74, 6) is 1.40. The molecule has 1 rings (SSSR count). The monoisotopic (exact) mass is 236 g/mol. The van der Waals surface area contributed by atoms with Gasteiger partial charge in [-0.15, -0.1) is 0 Å². The van der Waals surface area contributed by atoms with Crippen LogP contribution in [0.3, 0.4) is 0 Å². The van der Waals surface area contributed by atoms with Crippen molar-refractivity contribution in [1.29, 1.82) is 5.26 Å². The van der Waals surface area contributed by atoms with Crippen molar-refractivity contribution in [2.75, 3.05) is 12.3 Å². The zero-order chi connectivity index (χ0) is 12.0. The molecule has 0 bridgehead atoms. The fourth-order valence-corrected chi connectivity index (χ4v) is 2.80. The molecule has 2 atom stereocenters. The smallest absolute Gasteiger partial charge is 0.0991 e. The Morgan fingerprint density at radius 1 is 1.56 bits per heavy atom. The van der Waals surface area contributed by atoms with Crippen LogP contribution in [0.2, 0.25) is 0 Å². The molecule has 1 aromatic carbocycles. The molecule has 0 saturated carbocycles. The second kappa shape index (κ2) is 6.41. The summed E-state index contributed by atoms with van der Waals surface area (Å²) in [6.07, 6.45) is 0. The van der Waals surface area contributed by atoms with Crippen LogP contribution in [-0.4, -0.2) is 16.5 Å². The predicted octanol–water partition coefficient (Wildman–Crippen LogP) is 1.40. The van der Waals surface area contributed by atoms with Crippen LogP contribution >= 0.6 is 0 Å². The van der Waals surface area contributed by atoms with E-state index in [1.807, 2.05) is 19.1 Å². The van der Waals surface area contributed by atoms with Crippen LogP contribution in [-0.2, 0) is 16.6 Å². The largest absolute Gasteiger partial charge is 0.330 e. The van der Waals surface area contributed by atoms with E-state index in [-0.39, 0.29) is 5.92 Å². The van der Waals surface area contributed by atoms with E-state index in [1.54, 1.807) is 12.1 Å². The second-order valence-electron chi connectivity index (χ2n) is 3.90. The normalized spacial score (nSPS) is 14.1. The van der Waals surface area contributed by atoms with Gasteiger partial charge in [0.1, 0.15) is 0 Å². The molecule has 0 fully saturated rings. The lowest BCUT2D eigenvalue weighted by atomic mass is 10.2. The molecular weight excluding hydrogens is 220 g/mol. The van der Waals surface area contributed by atoms with Gasteiger partial charge in [0.25, 0.3) is 0 Å². The van der Waals surface area contributed by atoms with Crippen LogP contribution in [0, 0.1) is 17.2 Å². The molecule has 0 aliphatic carbocycles. The number of nitriles is 1. The Hall–Kier alpha value is -1.18.